The van der Waals surface area contributed by atoms with Crippen LogP contribution >= 0.6 is 0 Å². The SMILES string of the molecule is CCCCCCCCN(c1ccc(C)c(C)c1)S(=O)[O-]. The highest BCUT2D eigenvalue weighted by Crippen LogP contribution is 2.20. The fraction of sp³-hybridized carbons (Fsp3) is 0.625. The second kappa shape index (κ2) is 9.14. The number of nitrogens with zero attached hydrogens (tertiary/aromatic N) is 1. The van der Waals surface area contributed by atoms with Crippen molar-refractivity contribution in [1.82, 2.24) is 0 Å². The van der Waals surface area contributed by atoms with Crippen LogP contribution in [0.4, 0.5) is 5.69 Å². The summed E-state index contributed by atoms with van der Waals surface area (Å²) in [5.41, 5.74) is 3.08. The number of hydrogen-bond acceptors (Lipinski definition) is 2. The van der Waals surface area contributed by atoms with Crippen LogP contribution in [0.1, 0.15) is 56.6 Å². The van der Waals surface area contributed by atoms with E-state index < -0.39 is 11.3 Å². The van der Waals surface area contributed by atoms with Gasteiger partial charge in [0.25, 0.3) is 0 Å². The number of aryl methyl sites for hydroxylation is 2. The molecule has 1 aromatic rings. The summed E-state index contributed by atoms with van der Waals surface area (Å²) in [7, 11) is 0. The molecule has 0 amide bonds. The molecule has 0 bridgehead atoms. The normalized spacial score (nSPS) is 12.4. The van der Waals surface area contributed by atoms with Gasteiger partial charge in [-0.25, -0.2) is 0 Å². The van der Waals surface area contributed by atoms with Crippen LogP contribution in [0.5, 0.6) is 0 Å². The summed E-state index contributed by atoms with van der Waals surface area (Å²) in [6, 6.07) is 5.81. The predicted octanol–water partition coefficient (Wildman–Crippen LogP) is 4.26. The zero-order valence-corrected chi connectivity index (χ0v) is 13.7. The van der Waals surface area contributed by atoms with Crippen molar-refractivity contribution in [3.63, 3.8) is 0 Å². The zero-order valence-electron chi connectivity index (χ0n) is 12.9. The highest BCUT2D eigenvalue weighted by atomic mass is 32.2. The molecule has 0 aliphatic heterocycles. The summed E-state index contributed by atoms with van der Waals surface area (Å²) < 4.78 is 24.2. The van der Waals surface area contributed by atoms with Crippen LogP contribution in [0.15, 0.2) is 18.2 Å². The molecule has 1 unspecified atom stereocenters. The van der Waals surface area contributed by atoms with Crippen LogP contribution in [0.3, 0.4) is 0 Å². The number of benzene rings is 1. The van der Waals surface area contributed by atoms with Gasteiger partial charge in [0.1, 0.15) is 0 Å². The molecule has 0 fully saturated rings. The second-order valence-corrected chi connectivity index (χ2v) is 6.23. The standard InChI is InChI=1S/C16H27NO2S/c1-4-5-6-7-8-9-12-17(20(18)19)16-11-10-14(2)15(3)13-16/h10-11,13H,4-9,12H2,1-3H3,(H,18,19)/p-1. The predicted molar refractivity (Wildman–Crippen MR) is 85.6 cm³/mol. The van der Waals surface area contributed by atoms with Gasteiger partial charge in [-0.15, -0.1) is 0 Å². The first-order valence-corrected chi connectivity index (χ1v) is 8.53. The van der Waals surface area contributed by atoms with Crippen LogP contribution in [0.2, 0.25) is 0 Å². The van der Waals surface area contributed by atoms with Gasteiger partial charge in [-0.1, -0.05) is 45.1 Å². The average molecular weight is 296 g/mol. The fourth-order valence-electron chi connectivity index (χ4n) is 2.21. The van der Waals surface area contributed by atoms with Gasteiger partial charge < -0.3 is 8.86 Å². The molecule has 0 spiro atoms. The summed E-state index contributed by atoms with van der Waals surface area (Å²) >= 11 is -2.19. The van der Waals surface area contributed by atoms with Crippen LogP contribution in [0.25, 0.3) is 0 Å². The lowest BCUT2D eigenvalue weighted by atomic mass is 10.1. The molecule has 114 valence electrons. The molecule has 1 atom stereocenters. The molecule has 0 aliphatic rings. The molecule has 1 rings (SSSR count). The Morgan fingerprint density at radius 3 is 2.30 bits per heavy atom. The van der Waals surface area contributed by atoms with Gasteiger partial charge in [0.15, 0.2) is 0 Å². The van der Waals surface area contributed by atoms with Crippen molar-refractivity contribution in [2.45, 2.75) is 59.3 Å². The molecule has 0 aromatic heterocycles. The van der Waals surface area contributed by atoms with Gasteiger partial charge in [-0.2, -0.15) is 0 Å². The number of hydrogen-bond donors (Lipinski definition) is 0. The first-order valence-electron chi connectivity index (χ1n) is 7.50. The summed E-state index contributed by atoms with van der Waals surface area (Å²) in [5, 5.41) is 0. The summed E-state index contributed by atoms with van der Waals surface area (Å²) in [6.45, 7) is 6.81. The van der Waals surface area contributed by atoms with Crippen molar-refractivity contribution in [2.24, 2.45) is 0 Å². The third-order valence-corrected chi connectivity index (χ3v) is 4.43. The van der Waals surface area contributed by atoms with Crippen molar-refractivity contribution < 1.29 is 8.76 Å². The quantitative estimate of drug-likeness (QED) is 0.504. The number of anilines is 1. The Bertz CT molecular complexity index is 434. The molecular formula is C16H26NO2S-. The van der Waals surface area contributed by atoms with E-state index in [-0.39, 0.29) is 0 Å². The van der Waals surface area contributed by atoms with E-state index in [1.807, 2.05) is 32.0 Å². The Labute approximate surface area is 125 Å². The van der Waals surface area contributed by atoms with Crippen molar-refractivity contribution in [1.29, 1.82) is 0 Å². The number of unbranched alkanes of at least 4 members (excludes halogenated alkanes) is 5. The highest BCUT2D eigenvalue weighted by Gasteiger charge is 2.07. The van der Waals surface area contributed by atoms with Crippen LogP contribution in [0, 0.1) is 13.8 Å². The van der Waals surface area contributed by atoms with E-state index >= 15 is 0 Å². The lowest BCUT2D eigenvalue weighted by Crippen LogP contribution is -2.26. The van der Waals surface area contributed by atoms with Crippen LogP contribution in [-0.2, 0) is 11.3 Å². The van der Waals surface area contributed by atoms with Gasteiger partial charge in [-0.3, -0.25) is 4.21 Å². The van der Waals surface area contributed by atoms with Crippen molar-refractivity contribution in [3.05, 3.63) is 29.3 Å². The summed E-state index contributed by atoms with van der Waals surface area (Å²) in [4.78, 5) is 0. The molecule has 4 heteroatoms. The van der Waals surface area contributed by atoms with Crippen LogP contribution < -0.4 is 4.31 Å². The van der Waals surface area contributed by atoms with E-state index in [1.54, 1.807) is 0 Å². The smallest absolute Gasteiger partial charge is 0.0485 e. The third kappa shape index (κ3) is 5.63. The average Bonchev–Trinajstić information content (AvgIpc) is 2.41. The molecule has 0 saturated carbocycles. The minimum absolute atomic E-state index is 0.574. The minimum atomic E-state index is -2.19. The Morgan fingerprint density at radius 2 is 1.70 bits per heavy atom. The molecule has 3 nitrogen and oxygen atoms in total. The van der Waals surface area contributed by atoms with Gasteiger partial charge in [0.2, 0.25) is 0 Å². The minimum Gasteiger partial charge on any atom is -0.755 e. The first kappa shape index (κ1) is 17.2. The van der Waals surface area contributed by atoms with E-state index in [4.69, 9.17) is 0 Å². The monoisotopic (exact) mass is 296 g/mol. The molecule has 0 saturated heterocycles. The number of rotatable bonds is 9. The maximum Gasteiger partial charge on any atom is 0.0485 e. The molecule has 20 heavy (non-hydrogen) atoms. The molecule has 0 N–H and O–H groups in total. The summed E-state index contributed by atoms with van der Waals surface area (Å²) in [5.74, 6) is 0. The van der Waals surface area contributed by atoms with E-state index in [1.165, 1.54) is 35.6 Å². The van der Waals surface area contributed by atoms with E-state index in [0.29, 0.717) is 6.54 Å². The van der Waals surface area contributed by atoms with E-state index in [9.17, 15) is 8.76 Å². The lowest BCUT2D eigenvalue weighted by Gasteiger charge is -2.27. The van der Waals surface area contributed by atoms with Crippen molar-refractivity contribution >= 4 is 17.0 Å². The summed E-state index contributed by atoms with van der Waals surface area (Å²) in [6.07, 6.45) is 6.97. The van der Waals surface area contributed by atoms with Gasteiger partial charge in [0.05, 0.1) is 0 Å². The zero-order chi connectivity index (χ0) is 15.0. The Hall–Kier alpha value is -0.870. The maximum atomic E-state index is 11.4. The Morgan fingerprint density at radius 1 is 1.05 bits per heavy atom. The van der Waals surface area contributed by atoms with E-state index in [2.05, 4.69) is 6.92 Å². The third-order valence-electron chi connectivity index (χ3n) is 3.67. The molecular weight excluding hydrogens is 270 g/mol. The van der Waals surface area contributed by atoms with Crippen molar-refractivity contribution in [3.8, 4) is 0 Å². The van der Waals surface area contributed by atoms with E-state index in [0.717, 1.165) is 24.1 Å². The Kier molecular flexibility index (Phi) is 7.85. The van der Waals surface area contributed by atoms with Gasteiger partial charge >= 0.3 is 0 Å². The largest absolute Gasteiger partial charge is 0.755 e. The van der Waals surface area contributed by atoms with Gasteiger partial charge in [-0.05, 0) is 43.5 Å². The topological polar surface area (TPSA) is 43.4 Å². The first-order chi connectivity index (χ1) is 9.56. The second-order valence-electron chi connectivity index (χ2n) is 5.36. The lowest BCUT2D eigenvalue weighted by molar-refractivity contribution is 0.528. The van der Waals surface area contributed by atoms with Crippen molar-refractivity contribution in [2.75, 3.05) is 10.8 Å². The van der Waals surface area contributed by atoms with Gasteiger partial charge in [0, 0.05) is 23.5 Å². The molecule has 0 radical (unpaired) electrons. The molecule has 0 heterocycles. The molecule has 1 aromatic carbocycles. The maximum absolute atomic E-state index is 11.4. The highest BCUT2D eigenvalue weighted by molar-refractivity contribution is 7.80. The molecule has 0 aliphatic carbocycles. The fourth-order valence-corrected chi connectivity index (χ4v) is 2.77. The Balaban J connectivity index is 2.52. The van der Waals surface area contributed by atoms with Crippen LogP contribution in [-0.4, -0.2) is 15.3 Å².